The van der Waals surface area contributed by atoms with E-state index >= 15 is 0 Å². The lowest BCUT2D eigenvalue weighted by atomic mass is 10.0. The third-order valence-electron chi connectivity index (χ3n) is 2.38. The van der Waals surface area contributed by atoms with Crippen LogP contribution in [0.25, 0.3) is 0 Å². The fraction of sp³-hybridized carbons (Fsp3) is 0.800. The van der Waals surface area contributed by atoms with Crippen LogP contribution in [-0.2, 0) is 4.79 Å². The Morgan fingerprint density at radius 2 is 2.00 bits per heavy atom. The molecular weight excluding hydrogens is 180 g/mol. The molecule has 80 valence electrons. The molecule has 1 fully saturated rings. The van der Waals surface area contributed by atoms with E-state index < -0.39 is 0 Å². The fourth-order valence-electron chi connectivity index (χ4n) is 1.56. The second kappa shape index (κ2) is 4.98. The van der Waals surface area contributed by atoms with Crippen molar-refractivity contribution in [2.75, 3.05) is 0 Å². The third kappa shape index (κ3) is 3.36. The smallest absolute Gasteiger partial charge is 0.322 e. The zero-order valence-electron chi connectivity index (χ0n) is 8.80. The Morgan fingerprint density at radius 1 is 1.29 bits per heavy atom. The minimum absolute atomic E-state index is 0.181. The monoisotopic (exact) mass is 198 g/mol. The van der Waals surface area contributed by atoms with E-state index in [1.807, 2.05) is 0 Å². The molecule has 1 aliphatic rings. The van der Waals surface area contributed by atoms with Crippen molar-refractivity contribution in [3.8, 4) is 0 Å². The average Bonchev–Trinajstić information content (AvgIpc) is 2.39. The van der Waals surface area contributed by atoms with Crippen LogP contribution >= 0.6 is 0 Å². The first-order valence-electron chi connectivity index (χ1n) is 5.21. The van der Waals surface area contributed by atoms with Crippen LogP contribution in [-0.4, -0.2) is 18.0 Å². The lowest BCUT2D eigenvalue weighted by Crippen LogP contribution is -2.28. The Balaban J connectivity index is 2.13. The fourth-order valence-corrected chi connectivity index (χ4v) is 1.56. The molecule has 1 heterocycles. The minimum atomic E-state index is -0.358. The number of nitrogens with one attached hydrogen (secondary N) is 2. The van der Waals surface area contributed by atoms with E-state index in [2.05, 4.69) is 24.5 Å². The van der Waals surface area contributed by atoms with Gasteiger partial charge in [-0.05, 0) is 12.3 Å². The number of carbonyl (C=O) groups excluding carboxylic acids is 2. The molecule has 4 nitrogen and oxygen atoms in total. The molecule has 0 radical (unpaired) electrons. The summed E-state index contributed by atoms with van der Waals surface area (Å²) in [4.78, 5) is 21.9. The maximum Gasteiger partial charge on any atom is 0.322 e. The second-order valence-corrected chi connectivity index (χ2v) is 4.19. The molecule has 0 aliphatic carbocycles. The normalized spacial score (nSPS) is 21.2. The van der Waals surface area contributed by atoms with E-state index in [0.29, 0.717) is 5.92 Å². The van der Waals surface area contributed by atoms with E-state index in [1.165, 1.54) is 6.42 Å². The number of rotatable bonds is 5. The molecule has 4 heteroatoms. The van der Waals surface area contributed by atoms with Crippen molar-refractivity contribution in [1.29, 1.82) is 0 Å². The van der Waals surface area contributed by atoms with Crippen molar-refractivity contribution in [3.63, 3.8) is 0 Å². The summed E-state index contributed by atoms with van der Waals surface area (Å²) in [6.07, 6.45) is 4.06. The Labute approximate surface area is 84.4 Å². The number of urea groups is 1. The third-order valence-corrected chi connectivity index (χ3v) is 2.38. The number of imide groups is 1. The van der Waals surface area contributed by atoms with Gasteiger partial charge in [0.05, 0.1) is 0 Å². The van der Waals surface area contributed by atoms with Crippen LogP contribution < -0.4 is 10.6 Å². The highest BCUT2D eigenvalue weighted by Crippen LogP contribution is 2.10. The van der Waals surface area contributed by atoms with Crippen molar-refractivity contribution in [3.05, 3.63) is 0 Å². The first-order chi connectivity index (χ1) is 6.59. The molecule has 1 atom stereocenters. The SMILES string of the molecule is CC(C)CCCCC1NC(=O)NC1=O. The van der Waals surface area contributed by atoms with E-state index in [0.717, 1.165) is 19.3 Å². The summed E-state index contributed by atoms with van der Waals surface area (Å²) >= 11 is 0. The summed E-state index contributed by atoms with van der Waals surface area (Å²) in [5.41, 5.74) is 0. The van der Waals surface area contributed by atoms with E-state index in [1.54, 1.807) is 0 Å². The zero-order valence-corrected chi connectivity index (χ0v) is 8.80. The molecule has 14 heavy (non-hydrogen) atoms. The number of amides is 3. The Bertz CT molecular complexity index is 226. The van der Waals surface area contributed by atoms with Gasteiger partial charge < -0.3 is 5.32 Å². The first-order valence-corrected chi connectivity index (χ1v) is 5.21. The lowest BCUT2D eigenvalue weighted by Gasteiger charge is -2.07. The molecule has 0 saturated carbocycles. The predicted molar refractivity (Wildman–Crippen MR) is 53.8 cm³/mol. The summed E-state index contributed by atoms with van der Waals surface area (Å²) in [5, 5.41) is 4.82. The van der Waals surface area contributed by atoms with Crippen molar-refractivity contribution in [2.45, 2.75) is 45.6 Å². The number of hydrogen-bond donors (Lipinski definition) is 2. The van der Waals surface area contributed by atoms with Gasteiger partial charge in [-0.3, -0.25) is 10.1 Å². The van der Waals surface area contributed by atoms with Gasteiger partial charge in [0.2, 0.25) is 0 Å². The maximum absolute atomic E-state index is 11.1. The molecule has 2 N–H and O–H groups in total. The van der Waals surface area contributed by atoms with Gasteiger partial charge in [-0.2, -0.15) is 0 Å². The molecule has 0 aromatic heterocycles. The highest BCUT2D eigenvalue weighted by Gasteiger charge is 2.28. The summed E-state index contributed by atoms with van der Waals surface area (Å²) < 4.78 is 0. The quantitative estimate of drug-likeness (QED) is 0.518. The first kappa shape index (κ1) is 11.0. The molecule has 1 saturated heterocycles. The van der Waals surface area contributed by atoms with Crippen LogP contribution in [0.15, 0.2) is 0 Å². The highest BCUT2D eigenvalue weighted by atomic mass is 16.2. The van der Waals surface area contributed by atoms with Gasteiger partial charge in [0.25, 0.3) is 5.91 Å². The number of hydrogen-bond acceptors (Lipinski definition) is 2. The van der Waals surface area contributed by atoms with E-state index in [4.69, 9.17) is 0 Å². The molecular formula is C10H18N2O2. The molecule has 1 unspecified atom stereocenters. The second-order valence-electron chi connectivity index (χ2n) is 4.19. The number of unbranched alkanes of at least 4 members (excludes halogenated alkanes) is 1. The molecule has 1 aliphatic heterocycles. The van der Waals surface area contributed by atoms with Gasteiger partial charge in [0, 0.05) is 0 Å². The summed E-state index contributed by atoms with van der Waals surface area (Å²) in [7, 11) is 0. The predicted octanol–water partition coefficient (Wildman–Crippen LogP) is 1.41. The largest absolute Gasteiger partial charge is 0.326 e. The van der Waals surface area contributed by atoms with Crippen LogP contribution in [0.4, 0.5) is 4.79 Å². The van der Waals surface area contributed by atoms with Gasteiger partial charge >= 0.3 is 6.03 Å². The maximum atomic E-state index is 11.1. The van der Waals surface area contributed by atoms with E-state index in [-0.39, 0.29) is 18.0 Å². The number of carbonyl (C=O) groups is 2. The highest BCUT2D eigenvalue weighted by molar-refractivity contribution is 6.04. The molecule has 1 rings (SSSR count). The molecule has 0 spiro atoms. The van der Waals surface area contributed by atoms with Gasteiger partial charge in [0.1, 0.15) is 6.04 Å². The van der Waals surface area contributed by atoms with Crippen molar-refractivity contribution in [1.82, 2.24) is 10.6 Å². The molecule has 3 amide bonds. The lowest BCUT2D eigenvalue weighted by molar-refractivity contribution is -0.120. The topological polar surface area (TPSA) is 58.2 Å². The summed E-state index contributed by atoms with van der Waals surface area (Å²) in [5.74, 6) is 0.529. The van der Waals surface area contributed by atoms with Gasteiger partial charge in [-0.1, -0.05) is 33.1 Å². The molecule has 0 aromatic carbocycles. The van der Waals surface area contributed by atoms with E-state index in [9.17, 15) is 9.59 Å². The van der Waals surface area contributed by atoms with Crippen molar-refractivity contribution in [2.24, 2.45) is 5.92 Å². The Kier molecular flexibility index (Phi) is 3.92. The van der Waals surface area contributed by atoms with Gasteiger partial charge in [0.15, 0.2) is 0 Å². The van der Waals surface area contributed by atoms with Crippen LogP contribution in [0.1, 0.15) is 39.5 Å². The average molecular weight is 198 g/mol. The molecule has 0 aromatic rings. The van der Waals surface area contributed by atoms with Gasteiger partial charge in [-0.15, -0.1) is 0 Å². The van der Waals surface area contributed by atoms with Crippen molar-refractivity contribution >= 4 is 11.9 Å². The summed E-state index contributed by atoms with van der Waals surface area (Å²) in [6.45, 7) is 4.37. The minimum Gasteiger partial charge on any atom is -0.326 e. The Hall–Kier alpha value is -1.06. The van der Waals surface area contributed by atoms with Crippen LogP contribution in [0, 0.1) is 5.92 Å². The van der Waals surface area contributed by atoms with Gasteiger partial charge in [-0.25, -0.2) is 4.79 Å². The molecule has 0 bridgehead atoms. The van der Waals surface area contributed by atoms with Crippen LogP contribution in [0.2, 0.25) is 0 Å². The zero-order chi connectivity index (χ0) is 10.6. The van der Waals surface area contributed by atoms with Crippen LogP contribution in [0.3, 0.4) is 0 Å². The standard InChI is InChI=1S/C10H18N2O2/c1-7(2)5-3-4-6-8-9(13)12-10(14)11-8/h7-8H,3-6H2,1-2H3,(H2,11,12,13,14). The van der Waals surface area contributed by atoms with Crippen molar-refractivity contribution < 1.29 is 9.59 Å². The summed E-state index contributed by atoms with van der Waals surface area (Å²) in [6, 6.07) is -0.654. The Morgan fingerprint density at radius 3 is 2.50 bits per heavy atom. The van der Waals surface area contributed by atoms with Crippen LogP contribution in [0.5, 0.6) is 0 Å².